The molecule has 0 aliphatic carbocycles. The van der Waals surface area contributed by atoms with Crippen molar-refractivity contribution in [3.8, 4) is 5.75 Å². The number of methoxy groups -OCH3 is 1. The molecule has 116 valence electrons. The molecule has 0 atom stereocenters. The summed E-state index contributed by atoms with van der Waals surface area (Å²) in [5, 5.41) is 9.17. The first-order chi connectivity index (χ1) is 9.79. The van der Waals surface area contributed by atoms with Gasteiger partial charge in [-0.15, -0.1) is 24.0 Å². The Kier molecular flexibility index (Phi) is 7.88. The summed E-state index contributed by atoms with van der Waals surface area (Å²) in [5.74, 6) is 1.47. The van der Waals surface area contributed by atoms with Crippen molar-refractivity contribution in [2.75, 3.05) is 33.3 Å². The van der Waals surface area contributed by atoms with E-state index in [1.54, 1.807) is 31.4 Å². The second-order valence-electron chi connectivity index (χ2n) is 4.42. The van der Waals surface area contributed by atoms with Crippen molar-refractivity contribution >= 4 is 35.8 Å². The maximum absolute atomic E-state index is 11.9. The molecule has 1 amide bonds. The zero-order valence-electron chi connectivity index (χ0n) is 12.0. The maximum Gasteiger partial charge on any atom is 0.251 e. The van der Waals surface area contributed by atoms with E-state index < -0.39 is 0 Å². The van der Waals surface area contributed by atoms with Gasteiger partial charge in [-0.05, 0) is 30.7 Å². The Bertz CT molecular complexity index is 476. The Morgan fingerprint density at radius 2 is 2.10 bits per heavy atom. The first-order valence-corrected chi connectivity index (χ1v) is 6.74. The van der Waals surface area contributed by atoms with Crippen LogP contribution in [0.2, 0.25) is 0 Å². The minimum atomic E-state index is -0.0898. The summed E-state index contributed by atoms with van der Waals surface area (Å²) in [6.07, 6.45) is 1.07. The first-order valence-electron chi connectivity index (χ1n) is 6.74. The van der Waals surface area contributed by atoms with Crippen molar-refractivity contribution in [3.05, 3.63) is 29.8 Å². The average molecular weight is 404 g/mol. The van der Waals surface area contributed by atoms with Crippen molar-refractivity contribution in [3.63, 3.8) is 0 Å². The quantitative estimate of drug-likeness (QED) is 0.506. The predicted octanol–water partition coefficient (Wildman–Crippen LogP) is 0.982. The van der Waals surface area contributed by atoms with Crippen LogP contribution >= 0.6 is 24.0 Å². The SMILES string of the molecule is COc1ccc(C(=O)NCCNC2=NCCCN2)cc1.I. The summed E-state index contributed by atoms with van der Waals surface area (Å²) in [4.78, 5) is 16.2. The van der Waals surface area contributed by atoms with Crippen molar-refractivity contribution in [1.82, 2.24) is 16.0 Å². The molecule has 1 aliphatic rings. The van der Waals surface area contributed by atoms with Gasteiger partial charge in [0.1, 0.15) is 5.75 Å². The highest BCUT2D eigenvalue weighted by Crippen LogP contribution is 2.10. The smallest absolute Gasteiger partial charge is 0.251 e. The zero-order chi connectivity index (χ0) is 14.2. The third-order valence-electron chi connectivity index (χ3n) is 2.95. The summed E-state index contributed by atoms with van der Waals surface area (Å²) >= 11 is 0. The number of nitrogens with zero attached hydrogens (tertiary/aromatic N) is 1. The first kappa shape index (κ1) is 17.5. The summed E-state index contributed by atoms with van der Waals surface area (Å²) < 4.78 is 5.05. The lowest BCUT2D eigenvalue weighted by Crippen LogP contribution is -2.43. The van der Waals surface area contributed by atoms with Gasteiger partial charge in [0, 0.05) is 31.7 Å². The fraction of sp³-hybridized carbons (Fsp3) is 0.429. The normalized spacial score (nSPS) is 13.3. The van der Waals surface area contributed by atoms with Crippen molar-refractivity contribution < 1.29 is 9.53 Å². The number of carbonyl (C=O) groups excluding carboxylic acids is 1. The number of hydrogen-bond acceptors (Lipinski definition) is 5. The molecule has 1 aromatic carbocycles. The Morgan fingerprint density at radius 3 is 2.71 bits per heavy atom. The van der Waals surface area contributed by atoms with Gasteiger partial charge in [-0.3, -0.25) is 9.79 Å². The zero-order valence-corrected chi connectivity index (χ0v) is 14.3. The fourth-order valence-electron chi connectivity index (χ4n) is 1.85. The number of hydrogen-bond donors (Lipinski definition) is 3. The van der Waals surface area contributed by atoms with Crippen LogP contribution < -0.4 is 20.7 Å². The van der Waals surface area contributed by atoms with E-state index in [2.05, 4.69) is 20.9 Å². The van der Waals surface area contributed by atoms with Crippen LogP contribution in [0.25, 0.3) is 0 Å². The van der Waals surface area contributed by atoms with Gasteiger partial charge in [-0.2, -0.15) is 0 Å². The van der Waals surface area contributed by atoms with Crippen molar-refractivity contribution in [1.29, 1.82) is 0 Å². The highest BCUT2D eigenvalue weighted by Gasteiger charge is 2.05. The van der Waals surface area contributed by atoms with Gasteiger partial charge in [0.2, 0.25) is 0 Å². The molecule has 0 bridgehead atoms. The summed E-state index contributed by atoms with van der Waals surface area (Å²) in [6, 6.07) is 7.03. The van der Waals surface area contributed by atoms with E-state index in [0.29, 0.717) is 18.7 Å². The van der Waals surface area contributed by atoms with E-state index in [1.807, 2.05) is 0 Å². The third-order valence-corrected chi connectivity index (χ3v) is 2.95. The largest absolute Gasteiger partial charge is 0.497 e. The van der Waals surface area contributed by atoms with E-state index in [4.69, 9.17) is 4.74 Å². The number of guanidine groups is 1. The summed E-state index contributed by atoms with van der Waals surface area (Å²) in [6.45, 7) is 3.00. The molecule has 0 radical (unpaired) electrons. The van der Waals surface area contributed by atoms with Crippen LogP contribution in [0.1, 0.15) is 16.8 Å². The Hall–Kier alpha value is -1.51. The highest BCUT2D eigenvalue weighted by molar-refractivity contribution is 14.0. The monoisotopic (exact) mass is 404 g/mol. The van der Waals surface area contributed by atoms with E-state index in [0.717, 1.165) is 31.2 Å². The van der Waals surface area contributed by atoms with E-state index in [1.165, 1.54) is 0 Å². The minimum Gasteiger partial charge on any atom is -0.497 e. The molecule has 1 aromatic rings. The second kappa shape index (κ2) is 9.43. The van der Waals surface area contributed by atoms with E-state index >= 15 is 0 Å². The van der Waals surface area contributed by atoms with E-state index in [-0.39, 0.29) is 29.9 Å². The van der Waals surface area contributed by atoms with Gasteiger partial charge < -0.3 is 20.7 Å². The molecule has 3 N–H and O–H groups in total. The standard InChI is InChI=1S/C14H20N4O2.HI/c1-20-12-5-3-11(4-6-12)13(19)15-9-10-18-14-16-7-2-8-17-14;/h3-6H,2,7-10H2,1H3,(H,15,19)(H2,16,17,18);1H. The molecular formula is C14H21IN4O2. The van der Waals surface area contributed by atoms with Gasteiger partial charge in [-0.1, -0.05) is 0 Å². The lowest BCUT2D eigenvalue weighted by Gasteiger charge is -2.16. The average Bonchev–Trinajstić information content (AvgIpc) is 2.52. The number of amides is 1. The Labute approximate surface area is 141 Å². The number of nitrogens with one attached hydrogen (secondary N) is 3. The molecule has 0 spiro atoms. The minimum absolute atomic E-state index is 0. The number of ether oxygens (including phenoxy) is 1. The van der Waals surface area contributed by atoms with Gasteiger partial charge in [0.25, 0.3) is 5.91 Å². The predicted molar refractivity (Wildman–Crippen MR) is 93.7 cm³/mol. The maximum atomic E-state index is 11.9. The molecule has 1 aliphatic heterocycles. The lowest BCUT2D eigenvalue weighted by atomic mass is 10.2. The van der Waals surface area contributed by atoms with Gasteiger partial charge in [0.15, 0.2) is 5.96 Å². The molecule has 21 heavy (non-hydrogen) atoms. The van der Waals surface area contributed by atoms with Gasteiger partial charge in [0.05, 0.1) is 7.11 Å². The number of rotatable bonds is 5. The molecule has 0 aromatic heterocycles. The highest BCUT2D eigenvalue weighted by atomic mass is 127. The molecule has 0 saturated heterocycles. The molecule has 0 unspecified atom stereocenters. The number of aliphatic imine (C=N–C) groups is 1. The molecule has 7 heteroatoms. The van der Waals surface area contributed by atoms with Gasteiger partial charge >= 0.3 is 0 Å². The van der Waals surface area contributed by atoms with Crippen molar-refractivity contribution in [2.24, 2.45) is 4.99 Å². The van der Waals surface area contributed by atoms with Crippen molar-refractivity contribution in [2.45, 2.75) is 6.42 Å². The molecular weight excluding hydrogens is 383 g/mol. The molecule has 2 rings (SSSR count). The van der Waals surface area contributed by atoms with Crippen LogP contribution in [-0.2, 0) is 0 Å². The van der Waals surface area contributed by atoms with Gasteiger partial charge in [-0.25, -0.2) is 0 Å². The number of halogens is 1. The second-order valence-corrected chi connectivity index (χ2v) is 4.42. The third kappa shape index (κ3) is 5.78. The molecule has 1 heterocycles. The van der Waals surface area contributed by atoms with Crippen LogP contribution in [0.3, 0.4) is 0 Å². The molecule has 6 nitrogen and oxygen atoms in total. The number of carbonyl (C=O) groups is 1. The fourth-order valence-corrected chi connectivity index (χ4v) is 1.85. The Balaban J connectivity index is 0.00000220. The molecule has 0 saturated carbocycles. The van der Waals surface area contributed by atoms with Crippen LogP contribution in [0, 0.1) is 0 Å². The summed E-state index contributed by atoms with van der Waals surface area (Å²) in [5.41, 5.74) is 0.624. The van der Waals surface area contributed by atoms with Crippen LogP contribution in [0.4, 0.5) is 0 Å². The van der Waals surface area contributed by atoms with Crippen LogP contribution in [0.15, 0.2) is 29.3 Å². The van der Waals surface area contributed by atoms with Crippen LogP contribution in [0.5, 0.6) is 5.75 Å². The lowest BCUT2D eigenvalue weighted by molar-refractivity contribution is 0.0954. The van der Waals surface area contributed by atoms with E-state index in [9.17, 15) is 4.79 Å². The Morgan fingerprint density at radius 1 is 1.33 bits per heavy atom. The topological polar surface area (TPSA) is 74.8 Å². The van der Waals surface area contributed by atoms with Crippen LogP contribution in [-0.4, -0.2) is 45.2 Å². The molecule has 0 fully saturated rings. The summed E-state index contributed by atoms with van der Waals surface area (Å²) in [7, 11) is 1.60. The number of benzene rings is 1.